The van der Waals surface area contributed by atoms with Gasteiger partial charge in [0, 0.05) is 31.2 Å². The van der Waals surface area contributed by atoms with Gasteiger partial charge in [-0.25, -0.2) is 4.98 Å². The number of nitrogens with zero attached hydrogens (tertiary/aromatic N) is 2. The Morgan fingerprint density at radius 3 is 2.85 bits per heavy atom. The molecular weight excluding hydrogens is 360 g/mol. The Bertz CT molecular complexity index is 879. The smallest absolute Gasteiger partial charge is 0.257 e. The minimum Gasteiger partial charge on any atom is -0.337 e. The molecule has 6 heteroatoms. The van der Waals surface area contributed by atoms with E-state index >= 15 is 0 Å². The number of imidazole rings is 1. The van der Waals surface area contributed by atoms with Crippen LogP contribution in [0.1, 0.15) is 22.8 Å². The quantitative estimate of drug-likeness (QED) is 0.613. The lowest BCUT2D eigenvalue weighted by molar-refractivity contribution is 0.102. The molecule has 0 aliphatic rings. The molecule has 27 heavy (non-hydrogen) atoms. The number of anilines is 1. The van der Waals surface area contributed by atoms with Crippen molar-refractivity contribution in [3.63, 3.8) is 0 Å². The molecule has 5 nitrogen and oxygen atoms in total. The van der Waals surface area contributed by atoms with Crippen LogP contribution in [0.15, 0.2) is 67.3 Å². The Morgan fingerprint density at radius 1 is 1.22 bits per heavy atom. The first-order chi connectivity index (χ1) is 13.1. The van der Waals surface area contributed by atoms with Gasteiger partial charge in [0.25, 0.3) is 5.91 Å². The Labute approximate surface area is 164 Å². The van der Waals surface area contributed by atoms with Crippen LogP contribution in [-0.2, 0) is 13.1 Å². The highest BCUT2D eigenvalue weighted by Gasteiger charge is 2.10. The fourth-order valence-electron chi connectivity index (χ4n) is 2.88. The second-order valence-corrected chi connectivity index (χ2v) is 7.04. The maximum absolute atomic E-state index is 12.4. The maximum atomic E-state index is 12.4. The summed E-state index contributed by atoms with van der Waals surface area (Å²) in [7, 11) is 0. The van der Waals surface area contributed by atoms with E-state index in [2.05, 4.69) is 27.1 Å². The Hall–Kier alpha value is -2.63. The Kier molecular flexibility index (Phi) is 6.63. The topological polar surface area (TPSA) is 58.9 Å². The zero-order chi connectivity index (χ0) is 19.1. The number of rotatable bonds is 8. The monoisotopic (exact) mass is 382 g/mol. The summed E-state index contributed by atoms with van der Waals surface area (Å²) >= 11 is 6.09. The molecule has 1 aromatic heterocycles. The molecule has 0 aliphatic heterocycles. The number of amides is 1. The predicted octanol–water partition coefficient (Wildman–Crippen LogP) is 4.21. The molecule has 0 bridgehead atoms. The average Bonchev–Trinajstić information content (AvgIpc) is 3.15. The number of carbonyl (C=O) groups is 1. The second kappa shape index (κ2) is 9.35. The first-order valence-corrected chi connectivity index (χ1v) is 9.31. The summed E-state index contributed by atoms with van der Waals surface area (Å²) in [4.78, 5) is 16.4. The first kappa shape index (κ1) is 19.1. The summed E-state index contributed by atoms with van der Waals surface area (Å²) in [6.45, 7) is 4.77. The molecule has 2 aromatic carbocycles. The Morgan fingerprint density at radius 2 is 2.07 bits per heavy atom. The minimum absolute atomic E-state index is 0.209. The van der Waals surface area contributed by atoms with E-state index in [-0.39, 0.29) is 5.91 Å². The molecule has 0 radical (unpaired) electrons. The van der Waals surface area contributed by atoms with Crippen LogP contribution in [0.25, 0.3) is 0 Å². The molecule has 0 aliphatic carbocycles. The fraction of sp³-hybridized carbons (Fsp3) is 0.238. The van der Waals surface area contributed by atoms with Gasteiger partial charge in [0.1, 0.15) is 0 Å². The summed E-state index contributed by atoms with van der Waals surface area (Å²) in [6.07, 6.45) is 5.60. The minimum atomic E-state index is -0.209. The number of hydrogen-bond acceptors (Lipinski definition) is 3. The van der Waals surface area contributed by atoms with Crippen molar-refractivity contribution < 1.29 is 4.79 Å². The third kappa shape index (κ3) is 5.67. The van der Waals surface area contributed by atoms with Crippen LogP contribution in [0.3, 0.4) is 0 Å². The molecule has 0 unspecified atom stereocenters. The van der Waals surface area contributed by atoms with Crippen molar-refractivity contribution in [2.45, 2.75) is 20.0 Å². The van der Waals surface area contributed by atoms with Crippen LogP contribution in [0.5, 0.6) is 0 Å². The SMILES string of the molecule is C[C@H](CNCc1cccc(NC(=O)c2ccccc2Cl)c1)Cn1ccnc1. The zero-order valence-electron chi connectivity index (χ0n) is 15.2. The molecule has 3 rings (SSSR count). The van der Waals surface area contributed by atoms with Gasteiger partial charge in [0.2, 0.25) is 0 Å². The second-order valence-electron chi connectivity index (χ2n) is 6.63. The van der Waals surface area contributed by atoms with Crippen molar-refractivity contribution in [2.24, 2.45) is 5.92 Å². The van der Waals surface area contributed by atoms with Crippen LogP contribution in [-0.4, -0.2) is 22.0 Å². The third-order valence-corrected chi connectivity index (χ3v) is 4.54. The van der Waals surface area contributed by atoms with E-state index in [9.17, 15) is 4.79 Å². The summed E-state index contributed by atoms with van der Waals surface area (Å²) < 4.78 is 2.08. The van der Waals surface area contributed by atoms with Gasteiger partial charge in [-0.2, -0.15) is 0 Å². The first-order valence-electron chi connectivity index (χ1n) is 8.93. The number of nitrogens with one attached hydrogen (secondary N) is 2. The van der Waals surface area contributed by atoms with Crippen LogP contribution >= 0.6 is 11.6 Å². The van der Waals surface area contributed by atoms with Gasteiger partial charge in [-0.1, -0.05) is 42.8 Å². The van der Waals surface area contributed by atoms with Crippen LogP contribution in [0, 0.1) is 5.92 Å². The molecule has 2 N–H and O–H groups in total. The van der Waals surface area contributed by atoms with Gasteiger partial charge in [-0.15, -0.1) is 0 Å². The molecule has 1 amide bonds. The van der Waals surface area contributed by atoms with Gasteiger partial charge < -0.3 is 15.2 Å². The van der Waals surface area contributed by atoms with E-state index in [1.165, 1.54) is 0 Å². The summed E-state index contributed by atoms with van der Waals surface area (Å²) in [5, 5.41) is 6.82. The summed E-state index contributed by atoms with van der Waals surface area (Å²) in [6, 6.07) is 14.9. The lowest BCUT2D eigenvalue weighted by Crippen LogP contribution is -2.23. The average molecular weight is 383 g/mol. The molecule has 0 saturated heterocycles. The summed E-state index contributed by atoms with van der Waals surface area (Å²) in [5.41, 5.74) is 2.34. The van der Waals surface area contributed by atoms with Gasteiger partial charge in [0.05, 0.1) is 16.9 Å². The van der Waals surface area contributed by atoms with Gasteiger partial charge in [-0.3, -0.25) is 4.79 Å². The number of aromatic nitrogens is 2. The molecule has 1 atom stereocenters. The van der Waals surface area contributed by atoms with Crippen molar-refractivity contribution in [1.82, 2.24) is 14.9 Å². The molecule has 140 valence electrons. The standard InChI is InChI=1S/C21H23ClN4O/c1-16(14-26-10-9-23-15-26)12-24-13-17-5-4-6-18(11-17)25-21(27)19-7-2-3-8-20(19)22/h2-11,15-16,24H,12-14H2,1H3,(H,25,27)/t16-/m1/s1. The van der Waals surface area contributed by atoms with E-state index in [0.717, 1.165) is 30.9 Å². The number of carbonyl (C=O) groups excluding carboxylic acids is 1. The highest BCUT2D eigenvalue weighted by atomic mass is 35.5. The number of hydrogen-bond donors (Lipinski definition) is 2. The molecule has 3 aromatic rings. The third-order valence-electron chi connectivity index (χ3n) is 4.21. The van der Waals surface area contributed by atoms with E-state index in [4.69, 9.17) is 11.6 Å². The van der Waals surface area contributed by atoms with Gasteiger partial charge in [-0.05, 0) is 42.3 Å². The predicted molar refractivity (Wildman–Crippen MR) is 109 cm³/mol. The molecule has 0 fully saturated rings. The van der Waals surface area contributed by atoms with Crippen LogP contribution in [0.2, 0.25) is 5.02 Å². The summed E-state index contributed by atoms with van der Waals surface area (Å²) in [5.74, 6) is 0.280. The zero-order valence-corrected chi connectivity index (χ0v) is 16.0. The van der Waals surface area contributed by atoms with Crippen LogP contribution < -0.4 is 10.6 Å². The van der Waals surface area contributed by atoms with Crippen molar-refractivity contribution >= 4 is 23.2 Å². The fourth-order valence-corrected chi connectivity index (χ4v) is 3.11. The van der Waals surface area contributed by atoms with Crippen molar-refractivity contribution in [3.8, 4) is 0 Å². The van der Waals surface area contributed by atoms with Crippen LogP contribution in [0.4, 0.5) is 5.69 Å². The number of halogens is 1. The molecule has 0 saturated carbocycles. The van der Waals surface area contributed by atoms with Gasteiger partial charge >= 0.3 is 0 Å². The number of benzene rings is 2. The molecule has 1 heterocycles. The van der Waals surface area contributed by atoms with Crippen molar-refractivity contribution in [2.75, 3.05) is 11.9 Å². The maximum Gasteiger partial charge on any atom is 0.257 e. The highest BCUT2D eigenvalue weighted by molar-refractivity contribution is 6.34. The van der Waals surface area contributed by atoms with Crippen molar-refractivity contribution in [3.05, 3.63) is 83.4 Å². The normalized spacial score (nSPS) is 11.9. The van der Waals surface area contributed by atoms with E-state index < -0.39 is 0 Å². The largest absolute Gasteiger partial charge is 0.337 e. The van der Waals surface area contributed by atoms with E-state index in [1.807, 2.05) is 36.8 Å². The molecular formula is C21H23ClN4O. The highest BCUT2D eigenvalue weighted by Crippen LogP contribution is 2.18. The Balaban J connectivity index is 1.51. The van der Waals surface area contributed by atoms with Gasteiger partial charge in [0.15, 0.2) is 0 Å². The lowest BCUT2D eigenvalue weighted by atomic mass is 10.1. The van der Waals surface area contributed by atoms with E-state index in [0.29, 0.717) is 16.5 Å². The van der Waals surface area contributed by atoms with E-state index in [1.54, 1.807) is 30.5 Å². The lowest BCUT2D eigenvalue weighted by Gasteiger charge is -2.14. The van der Waals surface area contributed by atoms with Crippen molar-refractivity contribution in [1.29, 1.82) is 0 Å². The molecule has 0 spiro atoms.